The van der Waals surface area contributed by atoms with E-state index in [0.29, 0.717) is 25.8 Å². The maximum Gasteiger partial charge on any atom is 0.298 e. The monoisotopic (exact) mass is 248 g/mol. The number of anilines is 1. The Morgan fingerprint density at radius 2 is 2.28 bits per heavy atom. The number of oxazole rings is 1. The van der Waals surface area contributed by atoms with Crippen molar-refractivity contribution in [1.29, 1.82) is 0 Å². The van der Waals surface area contributed by atoms with Crippen LogP contribution in [0.4, 0.5) is 6.01 Å². The van der Waals surface area contributed by atoms with Crippen molar-refractivity contribution in [2.45, 2.75) is 0 Å². The molecule has 0 aliphatic carbocycles. The third kappa shape index (κ3) is 2.19. The molecule has 18 heavy (non-hydrogen) atoms. The lowest BCUT2D eigenvalue weighted by molar-refractivity contribution is 0.0959. The molecule has 1 atom stereocenters. The third-order valence-corrected chi connectivity index (χ3v) is 3.15. The molecule has 1 fully saturated rings. The molecule has 1 aromatic heterocycles. The van der Waals surface area contributed by atoms with Crippen molar-refractivity contribution in [3.63, 3.8) is 0 Å². The summed E-state index contributed by atoms with van der Waals surface area (Å²) in [6.45, 7) is 2.80. The molecule has 0 amide bonds. The Balaban J connectivity index is 1.87. The van der Waals surface area contributed by atoms with Crippen LogP contribution in [0, 0.1) is 5.92 Å². The summed E-state index contributed by atoms with van der Waals surface area (Å²) >= 11 is 0. The Morgan fingerprint density at radius 3 is 3.11 bits per heavy atom. The Hall–Kier alpha value is -1.59. The predicted octanol–water partition coefficient (Wildman–Crippen LogP) is 1.27. The fourth-order valence-corrected chi connectivity index (χ4v) is 2.16. The molecule has 0 spiro atoms. The lowest BCUT2D eigenvalue weighted by atomic mass is 10.2. The number of hydrogen-bond acceptors (Lipinski definition) is 5. The van der Waals surface area contributed by atoms with E-state index in [1.807, 2.05) is 29.2 Å². The highest BCUT2D eigenvalue weighted by Crippen LogP contribution is 2.23. The Kier molecular flexibility index (Phi) is 3.17. The second kappa shape index (κ2) is 4.96. The second-order valence-corrected chi connectivity index (χ2v) is 4.53. The van der Waals surface area contributed by atoms with Gasteiger partial charge in [-0.1, -0.05) is 12.1 Å². The summed E-state index contributed by atoms with van der Waals surface area (Å²) in [7, 11) is 0. The number of fused-ring (bicyclic) bond motifs is 1. The van der Waals surface area contributed by atoms with Crippen molar-refractivity contribution in [3.8, 4) is 0 Å². The van der Waals surface area contributed by atoms with Crippen LogP contribution in [0.25, 0.3) is 11.1 Å². The minimum Gasteiger partial charge on any atom is -0.423 e. The van der Waals surface area contributed by atoms with Gasteiger partial charge in [0.1, 0.15) is 5.52 Å². The van der Waals surface area contributed by atoms with Crippen molar-refractivity contribution in [3.05, 3.63) is 24.3 Å². The zero-order valence-corrected chi connectivity index (χ0v) is 10.1. The van der Waals surface area contributed by atoms with Gasteiger partial charge in [-0.3, -0.25) is 0 Å². The molecule has 0 radical (unpaired) electrons. The number of benzene rings is 1. The SMILES string of the molecule is OCC1COCCN(c2nc3ccccc3o2)C1. The summed E-state index contributed by atoms with van der Waals surface area (Å²) in [6, 6.07) is 8.32. The van der Waals surface area contributed by atoms with Crippen LogP contribution in [0.2, 0.25) is 0 Å². The van der Waals surface area contributed by atoms with Gasteiger partial charge in [-0.05, 0) is 12.1 Å². The Morgan fingerprint density at radius 1 is 1.39 bits per heavy atom. The number of aliphatic hydroxyl groups is 1. The highest BCUT2D eigenvalue weighted by atomic mass is 16.5. The van der Waals surface area contributed by atoms with Gasteiger partial charge in [-0.25, -0.2) is 0 Å². The molecule has 1 saturated heterocycles. The van der Waals surface area contributed by atoms with Crippen molar-refractivity contribution < 1.29 is 14.3 Å². The van der Waals surface area contributed by atoms with Crippen molar-refractivity contribution in [2.24, 2.45) is 5.92 Å². The molecule has 5 heteroatoms. The second-order valence-electron chi connectivity index (χ2n) is 4.53. The summed E-state index contributed by atoms with van der Waals surface area (Å²) < 4.78 is 11.2. The largest absolute Gasteiger partial charge is 0.423 e. The number of ether oxygens (including phenoxy) is 1. The van der Waals surface area contributed by atoms with Crippen LogP contribution < -0.4 is 4.90 Å². The molecule has 1 aromatic carbocycles. The molecule has 1 N–H and O–H groups in total. The molecule has 1 unspecified atom stereocenters. The van der Waals surface area contributed by atoms with Gasteiger partial charge >= 0.3 is 0 Å². The molecule has 0 bridgehead atoms. The molecule has 1 aliphatic heterocycles. The van der Waals surface area contributed by atoms with E-state index in [1.165, 1.54) is 0 Å². The van der Waals surface area contributed by atoms with Crippen molar-refractivity contribution in [1.82, 2.24) is 4.98 Å². The van der Waals surface area contributed by atoms with E-state index < -0.39 is 0 Å². The minimum absolute atomic E-state index is 0.113. The Labute approximate surface area is 105 Å². The van der Waals surface area contributed by atoms with Crippen LogP contribution in [0.3, 0.4) is 0 Å². The molecule has 96 valence electrons. The average Bonchev–Trinajstić information content (AvgIpc) is 2.69. The van der Waals surface area contributed by atoms with Crippen LogP contribution >= 0.6 is 0 Å². The van der Waals surface area contributed by atoms with Gasteiger partial charge in [0.25, 0.3) is 6.01 Å². The molecular formula is C13H16N2O3. The fraction of sp³-hybridized carbons (Fsp3) is 0.462. The van der Waals surface area contributed by atoms with Crippen LogP contribution in [-0.4, -0.2) is 43.0 Å². The number of rotatable bonds is 2. The zero-order chi connectivity index (χ0) is 12.4. The first-order valence-electron chi connectivity index (χ1n) is 6.16. The molecule has 2 heterocycles. The van der Waals surface area contributed by atoms with E-state index in [-0.39, 0.29) is 12.5 Å². The molecule has 5 nitrogen and oxygen atoms in total. The number of nitrogens with zero attached hydrogens (tertiary/aromatic N) is 2. The van der Waals surface area contributed by atoms with Gasteiger partial charge in [-0.2, -0.15) is 4.98 Å². The van der Waals surface area contributed by atoms with E-state index in [0.717, 1.165) is 17.6 Å². The number of aliphatic hydroxyl groups excluding tert-OH is 1. The standard InChI is InChI=1S/C13H16N2O3/c16-8-10-7-15(5-6-17-9-10)13-14-11-3-1-2-4-12(11)18-13/h1-4,10,16H,5-9H2. The molecule has 3 rings (SSSR count). The summed E-state index contributed by atoms with van der Waals surface area (Å²) in [5.74, 6) is 0.113. The fourth-order valence-electron chi connectivity index (χ4n) is 2.16. The lowest BCUT2D eigenvalue weighted by Gasteiger charge is -2.20. The van der Waals surface area contributed by atoms with Gasteiger partial charge in [0.05, 0.1) is 13.2 Å². The van der Waals surface area contributed by atoms with Gasteiger partial charge in [-0.15, -0.1) is 0 Å². The first kappa shape index (κ1) is 11.5. The van der Waals surface area contributed by atoms with E-state index in [4.69, 9.17) is 9.15 Å². The van der Waals surface area contributed by atoms with Crippen LogP contribution in [-0.2, 0) is 4.74 Å². The summed E-state index contributed by atoms with van der Waals surface area (Å²) in [5.41, 5.74) is 1.65. The minimum atomic E-state index is 0.113. The van der Waals surface area contributed by atoms with Gasteiger partial charge < -0.3 is 19.2 Å². The molecule has 2 aromatic rings. The molecule has 0 saturated carbocycles. The van der Waals surface area contributed by atoms with Gasteiger partial charge in [0, 0.05) is 25.6 Å². The average molecular weight is 248 g/mol. The maximum atomic E-state index is 9.26. The van der Waals surface area contributed by atoms with Crippen LogP contribution in [0.5, 0.6) is 0 Å². The topological polar surface area (TPSA) is 58.7 Å². The van der Waals surface area contributed by atoms with E-state index >= 15 is 0 Å². The summed E-state index contributed by atoms with van der Waals surface area (Å²) in [5, 5.41) is 9.26. The normalized spacial score (nSPS) is 21.2. The quantitative estimate of drug-likeness (QED) is 0.867. The van der Waals surface area contributed by atoms with E-state index in [9.17, 15) is 5.11 Å². The first-order valence-corrected chi connectivity index (χ1v) is 6.16. The summed E-state index contributed by atoms with van der Waals surface area (Å²) in [4.78, 5) is 6.50. The number of aromatic nitrogens is 1. The van der Waals surface area contributed by atoms with E-state index in [1.54, 1.807) is 0 Å². The zero-order valence-electron chi connectivity index (χ0n) is 10.1. The maximum absolute atomic E-state index is 9.26. The molecular weight excluding hydrogens is 232 g/mol. The number of para-hydroxylation sites is 2. The third-order valence-electron chi connectivity index (χ3n) is 3.15. The predicted molar refractivity (Wildman–Crippen MR) is 67.6 cm³/mol. The van der Waals surface area contributed by atoms with Crippen molar-refractivity contribution in [2.75, 3.05) is 37.8 Å². The van der Waals surface area contributed by atoms with E-state index in [2.05, 4.69) is 4.98 Å². The lowest BCUT2D eigenvalue weighted by Crippen LogP contribution is -2.31. The van der Waals surface area contributed by atoms with Gasteiger partial charge in [0.2, 0.25) is 0 Å². The Bertz CT molecular complexity index is 493. The first-order chi connectivity index (χ1) is 8.86. The smallest absolute Gasteiger partial charge is 0.298 e. The van der Waals surface area contributed by atoms with Crippen LogP contribution in [0.1, 0.15) is 0 Å². The van der Waals surface area contributed by atoms with Gasteiger partial charge in [0.15, 0.2) is 5.58 Å². The summed E-state index contributed by atoms with van der Waals surface area (Å²) in [6.07, 6.45) is 0. The van der Waals surface area contributed by atoms with Crippen LogP contribution in [0.15, 0.2) is 28.7 Å². The highest BCUT2D eigenvalue weighted by Gasteiger charge is 2.21. The number of hydrogen-bond donors (Lipinski definition) is 1. The van der Waals surface area contributed by atoms with Crippen molar-refractivity contribution >= 4 is 17.1 Å². The highest BCUT2D eigenvalue weighted by molar-refractivity contribution is 5.74. The molecule has 1 aliphatic rings.